The molecule has 0 saturated carbocycles. The van der Waals surface area contributed by atoms with Crippen molar-refractivity contribution < 1.29 is 19.4 Å². The van der Waals surface area contributed by atoms with E-state index in [1.165, 1.54) is 6.07 Å². The monoisotopic (exact) mass is 341 g/mol. The van der Waals surface area contributed by atoms with E-state index in [0.717, 1.165) is 5.56 Å². The van der Waals surface area contributed by atoms with Crippen LogP contribution in [-0.2, 0) is 4.79 Å². The van der Waals surface area contributed by atoms with Gasteiger partial charge in [-0.05, 0) is 43.2 Å². The van der Waals surface area contributed by atoms with Crippen molar-refractivity contribution in [3.63, 3.8) is 0 Å². The molecule has 0 radical (unpaired) electrons. The summed E-state index contributed by atoms with van der Waals surface area (Å²) < 4.78 is 5.75. The van der Waals surface area contributed by atoms with E-state index in [1.807, 2.05) is 26.0 Å². The number of hydrogen-bond acceptors (Lipinski definition) is 5. The maximum absolute atomic E-state index is 11.8. The largest absolute Gasteiger partial charge is 0.478 e. The Kier molecular flexibility index (Phi) is 4.56. The number of aromatic nitrogens is 1. The lowest BCUT2D eigenvalue weighted by Crippen LogP contribution is -2.36. The molecule has 0 saturated heterocycles. The number of carbonyl (C=O) groups excluding carboxylic acids is 1. The van der Waals surface area contributed by atoms with E-state index in [-0.39, 0.29) is 17.6 Å². The number of benzene rings is 1. The third-order valence-electron chi connectivity index (χ3n) is 4.03. The first-order chi connectivity index (χ1) is 12.0. The summed E-state index contributed by atoms with van der Waals surface area (Å²) in [4.78, 5) is 26.9. The van der Waals surface area contributed by atoms with Gasteiger partial charge in [0.1, 0.15) is 11.6 Å². The van der Waals surface area contributed by atoms with Gasteiger partial charge in [0.25, 0.3) is 5.91 Å². The maximum Gasteiger partial charge on any atom is 0.354 e. The number of carbonyl (C=O) groups is 2. The van der Waals surface area contributed by atoms with Crippen molar-refractivity contribution in [2.45, 2.75) is 32.4 Å². The highest BCUT2D eigenvalue weighted by molar-refractivity contribution is 5.97. The van der Waals surface area contributed by atoms with Gasteiger partial charge in [-0.25, -0.2) is 9.78 Å². The number of carboxylic acids is 1. The molecule has 7 heteroatoms. The normalized spacial score (nSPS) is 17.0. The molecule has 130 valence electrons. The molecule has 0 aliphatic carbocycles. The van der Waals surface area contributed by atoms with Gasteiger partial charge in [0.05, 0.1) is 11.7 Å². The van der Waals surface area contributed by atoms with Crippen LogP contribution in [-0.4, -0.2) is 28.1 Å². The summed E-state index contributed by atoms with van der Waals surface area (Å²) in [6, 6.07) is 10.2. The van der Waals surface area contributed by atoms with Gasteiger partial charge in [0.15, 0.2) is 11.8 Å². The molecule has 1 amide bonds. The molecule has 1 aromatic carbocycles. The number of amides is 1. The molecule has 0 fully saturated rings. The minimum atomic E-state index is -1.07. The Hall–Kier alpha value is -3.09. The Balaban J connectivity index is 1.79. The summed E-state index contributed by atoms with van der Waals surface area (Å²) in [5.74, 6) is -0.0981. The second-order valence-corrected chi connectivity index (χ2v) is 5.84. The molecule has 3 rings (SSSR count). The number of nitrogens with zero attached hydrogens (tertiary/aromatic N) is 1. The molecule has 2 atom stereocenters. The molecule has 1 aliphatic rings. The highest BCUT2D eigenvalue weighted by atomic mass is 16.5. The molecule has 0 bridgehead atoms. The summed E-state index contributed by atoms with van der Waals surface area (Å²) in [6.45, 7) is 3.83. The van der Waals surface area contributed by atoms with Gasteiger partial charge in [-0.1, -0.05) is 19.1 Å². The average molecular weight is 341 g/mol. The molecule has 25 heavy (non-hydrogen) atoms. The van der Waals surface area contributed by atoms with Gasteiger partial charge in [0, 0.05) is 0 Å². The highest BCUT2D eigenvalue weighted by Gasteiger charge is 2.26. The number of pyridine rings is 1. The van der Waals surface area contributed by atoms with Crippen molar-refractivity contribution in [1.29, 1.82) is 0 Å². The molecule has 3 N–H and O–H groups in total. The number of anilines is 2. The number of ether oxygens (including phenoxy) is 1. The fraction of sp³-hybridized carbons (Fsp3) is 0.278. The minimum absolute atomic E-state index is 0.0144. The first-order valence-corrected chi connectivity index (χ1v) is 8.06. The third kappa shape index (κ3) is 3.55. The predicted octanol–water partition coefficient (Wildman–Crippen LogP) is 3.06. The Morgan fingerprint density at radius 1 is 1.40 bits per heavy atom. The molecule has 2 heterocycles. The van der Waals surface area contributed by atoms with Crippen LogP contribution >= 0.6 is 0 Å². The van der Waals surface area contributed by atoms with E-state index in [0.29, 0.717) is 23.7 Å². The van der Waals surface area contributed by atoms with E-state index in [9.17, 15) is 9.59 Å². The predicted molar refractivity (Wildman–Crippen MR) is 93.0 cm³/mol. The van der Waals surface area contributed by atoms with Crippen molar-refractivity contribution in [3.05, 3.63) is 47.7 Å². The van der Waals surface area contributed by atoms with Crippen LogP contribution in [0.4, 0.5) is 11.5 Å². The second-order valence-electron chi connectivity index (χ2n) is 5.84. The lowest BCUT2D eigenvalue weighted by atomic mass is 10.1. The minimum Gasteiger partial charge on any atom is -0.478 e. The van der Waals surface area contributed by atoms with E-state index in [4.69, 9.17) is 9.84 Å². The summed E-state index contributed by atoms with van der Waals surface area (Å²) in [5.41, 5.74) is 1.57. The van der Waals surface area contributed by atoms with Crippen LogP contribution in [0.2, 0.25) is 0 Å². The number of fused-ring (bicyclic) bond motifs is 1. The zero-order valence-electron chi connectivity index (χ0n) is 13.9. The average Bonchev–Trinajstić information content (AvgIpc) is 2.60. The quantitative estimate of drug-likeness (QED) is 0.773. The molecule has 7 nitrogen and oxygen atoms in total. The van der Waals surface area contributed by atoms with Crippen LogP contribution in [0.1, 0.15) is 42.4 Å². The van der Waals surface area contributed by atoms with Gasteiger partial charge in [-0.3, -0.25) is 4.79 Å². The number of aromatic carboxylic acids is 1. The number of nitrogens with one attached hydrogen (secondary N) is 2. The van der Waals surface area contributed by atoms with Gasteiger partial charge < -0.3 is 20.5 Å². The molecule has 0 spiro atoms. The zero-order valence-corrected chi connectivity index (χ0v) is 13.9. The Bertz CT molecular complexity index is 822. The molecule has 1 aliphatic heterocycles. The van der Waals surface area contributed by atoms with Crippen molar-refractivity contribution >= 4 is 23.4 Å². The first-order valence-electron chi connectivity index (χ1n) is 8.06. The van der Waals surface area contributed by atoms with Gasteiger partial charge in [0.2, 0.25) is 0 Å². The Morgan fingerprint density at radius 3 is 2.92 bits per heavy atom. The van der Waals surface area contributed by atoms with Crippen molar-refractivity contribution in [2.75, 3.05) is 10.6 Å². The lowest BCUT2D eigenvalue weighted by molar-refractivity contribution is -0.123. The zero-order chi connectivity index (χ0) is 18.0. The van der Waals surface area contributed by atoms with E-state index >= 15 is 0 Å². The Labute approximate surface area is 145 Å². The summed E-state index contributed by atoms with van der Waals surface area (Å²) in [5, 5.41) is 15.0. The van der Waals surface area contributed by atoms with Crippen molar-refractivity contribution in [3.8, 4) is 5.75 Å². The van der Waals surface area contributed by atoms with Crippen LogP contribution in [0.5, 0.6) is 5.75 Å². The molecule has 2 unspecified atom stereocenters. The fourth-order valence-corrected chi connectivity index (χ4v) is 2.64. The van der Waals surface area contributed by atoms with Crippen LogP contribution < -0.4 is 15.4 Å². The molecule has 2 aromatic rings. The lowest BCUT2D eigenvalue weighted by Gasteiger charge is -2.26. The standard InChI is InChI=1S/C18H19N3O4/c1-3-14-17(22)21-12-8-7-11(9-15(12)25-14)10(2)19-16-6-4-5-13(20-16)18(23)24/h4-10,14H,3H2,1-2H3,(H,19,20)(H,21,22)(H,23,24). The van der Waals surface area contributed by atoms with Crippen LogP contribution in [0, 0.1) is 0 Å². The SMILES string of the molecule is CCC1Oc2cc(C(C)Nc3cccc(C(=O)O)n3)ccc2NC1=O. The number of rotatable bonds is 5. The van der Waals surface area contributed by atoms with Gasteiger partial charge in [-0.2, -0.15) is 0 Å². The molecular formula is C18H19N3O4. The van der Waals surface area contributed by atoms with E-state index in [1.54, 1.807) is 18.2 Å². The summed E-state index contributed by atoms with van der Waals surface area (Å²) >= 11 is 0. The smallest absolute Gasteiger partial charge is 0.354 e. The first kappa shape index (κ1) is 16.8. The van der Waals surface area contributed by atoms with Crippen molar-refractivity contribution in [2.24, 2.45) is 0 Å². The van der Waals surface area contributed by atoms with E-state index in [2.05, 4.69) is 15.6 Å². The van der Waals surface area contributed by atoms with Crippen LogP contribution in [0.3, 0.4) is 0 Å². The molecule has 1 aromatic heterocycles. The summed E-state index contributed by atoms with van der Waals surface area (Å²) in [7, 11) is 0. The fourth-order valence-electron chi connectivity index (χ4n) is 2.64. The highest BCUT2D eigenvalue weighted by Crippen LogP contribution is 2.33. The topological polar surface area (TPSA) is 101 Å². The number of carboxylic acid groups (broad SMARTS) is 1. The summed E-state index contributed by atoms with van der Waals surface area (Å²) in [6.07, 6.45) is 0.106. The number of hydrogen-bond donors (Lipinski definition) is 3. The van der Waals surface area contributed by atoms with Crippen LogP contribution in [0.25, 0.3) is 0 Å². The second kappa shape index (κ2) is 6.80. The Morgan fingerprint density at radius 2 is 2.20 bits per heavy atom. The van der Waals surface area contributed by atoms with Crippen LogP contribution in [0.15, 0.2) is 36.4 Å². The van der Waals surface area contributed by atoms with Gasteiger partial charge >= 0.3 is 5.97 Å². The maximum atomic E-state index is 11.8. The third-order valence-corrected chi connectivity index (χ3v) is 4.03. The van der Waals surface area contributed by atoms with Gasteiger partial charge in [-0.15, -0.1) is 0 Å². The van der Waals surface area contributed by atoms with Crippen molar-refractivity contribution in [1.82, 2.24) is 4.98 Å². The van der Waals surface area contributed by atoms with E-state index < -0.39 is 12.1 Å². The molecular weight excluding hydrogens is 322 g/mol.